The fourth-order valence-corrected chi connectivity index (χ4v) is 2.87. The van der Waals surface area contributed by atoms with Gasteiger partial charge in [0.05, 0.1) is 13.2 Å². The second-order valence-corrected chi connectivity index (χ2v) is 6.68. The van der Waals surface area contributed by atoms with Gasteiger partial charge in [-0.3, -0.25) is 9.59 Å². The third-order valence-corrected chi connectivity index (χ3v) is 4.41. The van der Waals surface area contributed by atoms with Crippen molar-refractivity contribution in [3.05, 3.63) is 71.5 Å². The van der Waals surface area contributed by atoms with E-state index in [4.69, 9.17) is 4.74 Å². The molecule has 2 aromatic rings. The highest BCUT2D eigenvalue weighted by atomic mass is 19.1. The standard InChI is InChI=1S/C22H25FN2O4/c1-15(17-8-4-3-5-9-17)24-20(26)11-12-21(27)25-19(22(28)29-2)14-16-7-6-10-18(23)13-16/h3-10,13,15,19H,11-12,14H2,1-2H3,(H,24,26)(H,25,27)/t15-,19+/m1/s1. The molecule has 6 nitrogen and oxygen atoms in total. The van der Waals surface area contributed by atoms with E-state index in [1.54, 1.807) is 6.07 Å². The summed E-state index contributed by atoms with van der Waals surface area (Å²) in [4.78, 5) is 36.3. The lowest BCUT2D eigenvalue weighted by atomic mass is 10.1. The molecule has 0 aliphatic rings. The summed E-state index contributed by atoms with van der Waals surface area (Å²) < 4.78 is 18.1. The zero-order valence-corrected chi connectivity index (χ0v) is 16.5. The van der Waals surface area contributed by atoms with E-state index in [2.05, 4.69) is 10.6 Å². The molecule has 154 valence electrons. The maximum Gasteiger partial charge on any atom is 0.328 e. The van der Waals surface area contributed by atoms with E-state index in [-0.39, 0.29) is 31.2 Å². The molecule has 0 saturated carbocycles. The summed E-state index contributed by atoms with van der Waals surface area (Å²) >= 11 is 0. The maximum atomic E-state index is 13.4. The van der Waals surface area contributed by atoms with E-state index in [0.717, 1.165) is 5.56 Å². The van der Waals surface area contributed by atoms with Crippen LogP contribution in [0.25, 0.3) is 0 Å². The highest BCUT2D eigenvalue weighted by molar-refractivity contribution is 5.87. The Hall–Kier alpha value is -3.22. The Labute approximate surface area is 169 Å². The van der Waals surface area contributed by atoms with Crippen molar-refractivity contribution in [3.8, 4) is 0 Å². The van der Waals surface area contributed by atoms with Crippen LogP contribution in [0.2, 0.25) is 0 Å². The molecule has 2 aromatic carbocycles. The fraction of sp³-hybridized carbons (Fsp3) is 0.318. The van der Waals surface area contributed by atoms with Crippen molar-refractivity contribution >= 4 is 17.8 Å². The van der Waals surface area contributed by atoms with Crippen molar-refractivity contribution in [2.45, 2.75) is 38.3 Å². The van der Waals surface area contributed by atoms with Gasteiger partial charge in [0.2, 0.25) is 11.8 Å². The van der Waals surface area contributed by atoms with Gasteiger partial charge in [0.25, 0.3) is 0 Å². The van der Waals surface area contributed by atoms with Crippen molar-refractivity contribution < 1.29 is 23.5 Å². The number of hydrogen-bond acceptors (Lipinski definition) is 4. The van der Waals surface area contributed by atoms with Crippen LogP contribution >= 0.6 is 0 Å². The van der Waals surface area contributed by atoms with E-state index < -0.39 is 23.7 Å². The second kappa shape index (κ2) is 10.9. The summed E-state index contributed by atoms with van der Waals surface area (Å²) in [6.07, 6.45) is -0.00569. The lowest BCUT2D eigenvalue weighted by molar-refractivity contribution is -0.145. The largest absolute Gasteiger partial charge is 0.467 e. The normalized spacial score (nSPS) is 12.5. The summed E-state index contributed by atoms with van der Waals surface area (Å²) in [5.41, 5.74) is 1.52. The van der Waals surface area contributed by atoms with Gasteiger partial charge < -0.3 is 15.4 Å². The monoisotopic (exact) mass is 400 g/mol. The Morgan fingerprint density at radius 1 is 0.966 bits per heavy atom. The Balaban J connectivity index is 1.86. The van der Waals surface area contributed by atoms with Crippen LogP contribution in [-0.2, 0) is 25.5 Å². The molecular weight excluding hydrogens is 375 g/mol. The van der Waals surface area contributed by atoms with Crippen molar-refractivity contribution in [2.24, 2.45) is 0 Å². The first-order valence-electron chi connectivity index (χ1n) is 9.35. The molecule has 0 unspecified atom stereocenters. The zero-order valence-electron chi connectivity index (χ0n) is 16.5. The summed E-state index contributed by atoms with van der Waals surface area (Å²) in [5.74, 6) is -1.79. The van der Waals surface area contributed by atoms with Crippen LogP contribution in [0.3, 0.4) is 0 Å². The molecule has 0 radical (unpaired) electrons. The first-order chi connectivity index (χ1) is 13.9. The van der Waals surface area contributed by atoms with Crippen LogP contribution in [0, 0.1) is 5.82 Å². The van der Waals surface area contributed by atoms with E-state index in [1.165, 1.54) is 25.3 Å². The van der Waals surface area contributed by atoms with Crippen molar-refractivity contribution in [2.75, 3.05) is 7.11 Å². The molecule has 0 aliphatic carbocycles. The lowest BCUT2D eigenvalue weighted by Crippen LogP contribution is -2.43. The Morgan fingerprint density at radius 3 is 2.24 bits per heavy atom. The molecule has 0 aromatic heterocycles. The number of methoxy groups -OCH3 is 1. The molecule has 2 atom stereocenters. The van der Waals surface area contributed by atoms with Gasteiger partial charge in [0.15, 0.2) is 0 Å². The number of hydrogen-bond donors (Lipinski definition) is 2. The highest BCUT2D eigenvalue weighted by Crippen LogP contribution is 2.12. The van der Waals surface area contributed by atoms with Gasteiger partial charge in [-0.25, -0.2) is 9.18 Å². The molecule has 29 heavy (non-hydrogen) atoms. The number of esters is 1. The number of carbonyl (C=O) groups is 3. The molecule has 7 heteroatoms. The second-order valence-electron chi connectivity index (χ2n) is 6.68. The average molecular weight is 400 g/mol. The maximum absolute atomic E-state index is 13.4. The Bertz CT molecular complexity index is 842. The smallest absolute Gasteiger partial charge is 0.328 e. The van der Waals surface area contributed by atoms with Gasteiger partial charge in [-0.2, -0.15) is 0 Å². The number of carbonyl (C=O) groups excluding carboxylic acids is 3. The third-order valence-electron chi connectivity index (χ3n) is 4.41. The van der Waals surface area contributed by atoms with Gasteiger partial charge in [-0.15, -0.1) is 0 Å². The first-order valence-corrected chi connectivity index (χ1v) is 9.35. The summed E-state index contributed by atoms with van der Waals surface area (Å²) in [5, 5.41) is 5.39. The van der Waals surface area contributed by atoms with Crippen LogP contribution in [0.1, 0.15) is 36.9 Å². The van der Waals surface area contributed by atoms with E-state index in [0.29, 0.717) is 5.56 Å². The average Bonchev–Trinajstić information content (AvgIpc) is 2.72. The van der Waals surface area contributed by atoms with Gasteiger partial charge >= 0.3 is 5.97 Å². The number of amides is 2. The predicted octanol–water partition coefficient (Wildman–Crippen LogP) is 2.68. The zero-order chi connectivity index (χ0) is 21.2. The summed E-state index contributed by atoms with van der Waals surface area (Å²) in [6, 6.07) is 14.1. The molecule has 0 heterocycles. The van der Waals surface area contributed by atoms with Crippen LogP contribution < -0.4 is 10.6 Å². The van der Waals surface area contributed by atoms with Crippen molar-refractivity contribution in [1.82, 2.24) is 10.6 Å². The molecule has 2 N–H and O–H groups in total. The SMILES string of the molecule is COC(=O)[C@H](Cc1cccc(F)c1)NC(=O)CCC(=O)N[C@H](C)c1ccccc1. The Morgan fingerprint density at radius 2 is 1.62 bits per heavy atom. The van der Waals surface area contributed by atoms with Gasteiger partial charge in [-0.05, 0) is 30.2 Å². The van der Waals surface area contributed by atoms with Crippen molar-refractivity contribution in [1.29, 1.82) is 0 Å². The molecule has 0 bridgehead atoms. The number of halogens is 1. The predicted molar refractivity (Wildman–Crippen MR) is 106 cm³/mol. The topological polar surface area (TPSA) is 84.5 Å². The molecule has 2 rings (SSSR count). The van der Waals surface area contributed by atoms with Gasteiger partial charge in [0.1, 0.15) is 11.9 Å². The molecule has 0 spiro atoms. The first kappa shape index (κ1) is 22.1. The van der Waals surface area contributed by atoms with E-state index in [1.807, 2.05) is 37.3 Å². The minimum absolute atomic E-state index is 0.0170. The Kier molecular flexibility index (Phi) is 8.33. The molecule has 2 amide bonds. The number of rotatable bonds is 9. The van der Waals surface area contributed by atoms with Crippen LogP contribution in [0.15, 0.2) is 54.6 Å². The lowest BCUT2D eigenvalue weighted by Gasteiger charge is -2.17. The van der Waals surface area contributed by atoms with Crippen LogP contribution in [0.5, 0.6) is 0 Å². The number of nitrogens with one attached hydrogen (secondary N) is 2. The van der Waals surface area contributed by atoms with Gasteiger partial charge in [0, 0.05) is 19.3 Å². The number of ether oxygens (including phenoxy) is 1. The van der Waals surface area contributed by atoms with E-state index in [9.17, 15) is 18.8 Å². The minimum Gasteiger partial charge on any atom is -0.467 e. The summed E-state index contributed by atoms with van der Waals surface area (Å²) in [7, 11) is 1.21. The molecule has 0 saturated heterocycles. The van der Waals surface area contributed by atoms with Crippen LogP contribution in [-0.4, -0.2) is 30.9 Å². The summed E-state index contributed by atoms with van der Waals surface area (Å²) in [6.45, 7) is 1.86. The van der Waals surface area contributed by atoms with Crippen LogP contribution in [0.4, 0.5) is 4.39 Å². The highest BCUT2D eigenvalue weighted by Gasteiger charge is 2.22. The van der Waals surface area contributed by atoms with E-state index >= 15 is 0 Å². The van der Waals surface area contributed by atoms with Crippen molar-refractivity contribution in [3.63, 3.8) is 0 Å². The fourth-order valence-electron chi connectivity index (χ4n) is 2.87. The molecular formula is C22H25FN2O4. The number of benzene rings is 2. The molecule has 0 fully saturated rings. The molecule has 0 aliphatic heterocycles. The van der Waals surface area contributed by atoms with Gasteiger partial charge in [-0.1, -0.05) is 42.5 Å². The third kappa shape index (κ3) is 7.37. The minimum atomic E-state index is -0.958. The quantitative estimate of drug-likeness (QED) is 0.634.